The van der Waals surface area contributed by atoms with Gasteiger partial charge in [-0.25, -0.2) is 4.79 Å². The number of aromatic carboxylic acids is 1. The minimum absolute atomic E-state index is 0.138. The molecule has 6 heteroatoms. The van der Waals surface area contributed by atoms with Gasteiger partial charge in [-0.1, -0.05) is 23.7 Å². The van der Waals surface area contributed by atoms with Crippen molar-refractivity contribution in [2.75, 3.05) is 6.61 Å². The average Bonchev–Trinajstić information content (AvgIpc) is 2.55. The number of ether oxygens (including phenoxy) is 1. The number of carbonyl (C=O) groups is 2. The van der Waals surface area contributed by atoms with Gasteiger partial charge in [-0.3, -0.25) is 4.79 Å². The second-order valence-corrected chi connectivity index (χ2v) is 5.27. The minimum atomic E-state index is -0.972. The second-order valence-electron chi connectivity index (χ2n) is 4.83. The summed E-state index contributed by atoms with van der Waals surface area (Å²) in [6.07, 6.45) is 0.232. The van der Waals surface area contributed by atoms with Crippen LogP contribution in [0.4, 0.5) is 0 Å². The fourth-order valence-corrected chi connectivity index (χ4v) is 1.97. The highest BCUT2D eigenvalue weighted by atomic mass is 35.5. The zero-order valence-electron chi connectivity index (χ0n) is 12.3. The lowest BCUT2D eigenvalue weighted by Gasteiger charge is -2.08. The van der Waals surface area contributed by atoms with E-state index < -0.39 is 5.97 Å². The van der Waals surface area contributed by atoms with Gasteiger partial charge in [-0.05, 0) is 42.0 Å². The summed E-state index contributed by atoms with van der Waals surface area (Å²) < 4.78 is 5.44. The van der Waals surface area contributed by atoms with Gasteiger partial charge in [-0.2, -0.15) is 0 Å². The molecule has 5 nitrogen and oxygen atoms in total. The van der Waals surface area contributed by atoms with Gasteiger partial charge in [0.2, 0.25) is 5.91 Å². The Kier molecular flexibility index (Phi) is 6.00. The molecule has 0 heterocycles. The summed E-state index contributed by atoms with van der Waals surface area (Å²) >= 11 is 5.77. The van der Waals surface area contributed by atoms with Gasteiger partial charge in [0.05, 0.1) is 18.6 Å². The maximum Gasteiger partial charge on any atom is 0.335 e. The topological polar surface area (TPSA) is 75.6 Å². The standard InChI is InChI=1S/C17H16ClNO4/c18-14-5-7-15(8-6-14)23-10-9-16(20)19-11-12-1-3-13(4-2-12)17(21)22/h1-8H,9-11H2,(H,19,20)(H,21,22). The molecule has 0 atom stereocenters. The van der Waals surface area contributed by atoms with E-state index >= 15 is 0 Å². The van der Waals surface area contributed by atoms with Gasteiger partial charge >= 0.3 is 5.97 Å². The first-order chi connectivity index (χ1) is 11.0. The Hall–Kier alpha value is -2.53. The van der Waals surface area contributed by atoms with E-state index in [0.29, 0.717) is 17.3 Å². The number of benzene rings is 2. The molecule has 120 valence electrons. The van der Waals surface area contributed by atoms with Crippen LogP contribution in [0.1, 0.15) is 22.3 Å². The van der Waals surface area contributed by atoms with Crippen molar-refractivity contribution >= 4 is 23.5 Å². The average molecular weight is 334 g/mol. The Bertz CT molecular complexity index is 668. The summed E-state index contributed by atoms with van der Waals surface area (Å²) in [4.78, 5) is 22.5. The molecule has 0 saturated heterocycles. The third-order valence-electron chi connectivity index (χ3n) is 3.10. The molecular weight excluding hydrogens is 318 g/mol. The molecule has 23 heavy (non-hydrogen) atoms. The molecule has 0 aliphatic heterocycles. The molecule has 1 amide bonds. The number of hydrogen-bond acceptors (Lipinski definition) is 3. The van der Waals surface area contributed by atoms with E-state index in [-0.39, 0.29) is 24.5 Å². The van der Waals surface area contributed by atoms with Gasteiger partial charge in [0.1, 0.15) is 5.75 Å². The molecule has 0 spiro atoms. The van der Waals surface area contributed by atoms with Gasteiger partial charge < -0.3 is 15.2 Å². The number of amides is 1. The maximum absolute atomic E-state index is 11.7. The van der Waals surface area contributed by atoms with Crippen LogP contribution in [0.3, 0.4) is 0 Å². The lowest BCUT2D eigenvalue weighted by Crippen LogP contribution is -2.24. The van der Waals surface area contributed by atoms with Crippen molar-refractivity contribution < 1.29 is 19.4 Å². The van der Waals surface area contributed by atoms with Crippen molar-refractivity contribution in [2.45, 2.75) is 13.0 Å². The van der Waals surface area contributed by atoms with Crippen LogP contribution in [0, 0.1) is 0 Å². The lowest BCUT2D eigenvalue weighted by atomic mass is 10.1. The van der Waals surface area contributed by atoms with Gasteiger partial charge in [0.25, 0.3) is 0 Å². The summed E-state index contributed by atoms with van der Waals surface area (Å²) in [6.45, 7) is 0.616. The number of nitrogens with one attached hydrogen (secondary N) is 1. The monoisotopic (exact) mass is 333 g/mol. The van der Waals surface area contributed by atoms with Crippen LogP contribution in [-0.4, -0.2) is 23.6 Å². The van der Waals surface area contributed by atoms with E-state index in [0.717, 1.165) is 5.56 Å². The summed E-state index contributed by atoms with van der Waals surface area (Å²) in [6, 6.07) is 13.3. The third kappa shape index (κ3) is 5.64. The highest BCUT2D eigenvalue weighted by molar-refractivity contribution is 6.30. The smallest absolute Gasteiger partial charge is 0.335 e. The van der Waals surface area contributed by atoms with E-state index in [9.17, 15) is 9.59 Å². The largest absolute Gasteiger partial charge is 0.493 e. The highest BCUT2D eigenvalue weighted by Crippen LogP contribution is 2.15. The number of carboxylic acid groups (broad SMARTS) is 1. The Labute approximate surface area is 138 Å². The number of carboxylic acids is 1. The SMILES string of the molecule is O=C(CCOc1ccc(Cl)cc1)NCc1ccc(C(=O)O)cc1. The first-order valence-electron chi connectivity index (χ1n) is 7.02. The summed E-state index contributed by atoms with van der Waals surface area (Å²) in [5.74, 6) is -0.451. The molecule has 0 aromatic heterocycles. The lowest BCUT2D eigenvalue weighted by molar-refractivity contribution is -0.121. The number of rotatable bonds is 7. The van der Waals surface area contributed by atoms with Crippen LogP contribution in [-0.2, 0) is 11.3 Å². The molecule has 0 saturated carbocycles. The molecule has 2 N–H and O–H groups in total. The van der Waals surface area contributed by atoms with Gasteiger partial charge in [0.15, 0.2) is 0 Å². The molecule has 0 bridgehead atoms. The predicted molar refractivity (Wildman–Crippen MR) is 86.8 cm³/mol. The number of hydrogen-bond donors (Lipinski definition) is 2. The van der Waals surface area contributed by atoms with Crippen molar-refractivity contribution in [1.82, 2.24) is 5.32 Å². The Morgan fingerprint density at radius 1 is 1.04 bits per heavy atom. The first kappa shape index (κ1) is 16.8. The molecule has 2 aromatic rings. The summed E-state index contributed by atoms with van der Waals surface area (Å²) in [5.41, 5.74) is 1.05. The molecule has 0 unspecified atom stereocenters. The van der Waals surface area contributed by atoms with Crippen LogP contribution in [0.15, 0.2) is 48.5 Å². The molecule has 0 aliphatic rings. The van der Waals surface area contributed by atoms with Crippen molar-refractivity contribution in [2.24, 2.45) is 0 Å². The van der Waals surface area contributed by atoms with E-state index in [1.807, 2.05) is 0 Å². The maximum atomic E-state index is 11.7. The highest BCUT2D eigenvalue weighted by Gasteiger charge is 2.04. The van der Waals surface area contributed by atoms with E-state index in [4.69, 9.17) is 21.4 Å². The normalized spacial score (nSPS) is 10.1. The molecule has 2 aromatic carbocycles. The van der Waals surface area contributed by atoms with E-state index in [1.165, 1.54) is 12.1 Å². The van der Waals surface area contributed by atoms with Crippen LogP contribution >= 0.6 is 11.6 Å². The summed E-state index contributed by atoms with van der Waals surface area (Å²) in [5, 5.41) is 12.2. The molecule has 0 aliphatic carbocycles. The third-order valence-corrected chi connectivity index (χ3v) is 3.35. The van der Waals surface area contributed by atoms with Gasteiger partial charge in [-0.15, -0.1) is 0 Å². The van der Waals surface area contributed by atoms with Crippen LogP contribution in [0.2, 0.25) is 5.02 Å². The fraction of sp³-hybridized carbons (Fsp3) is 0.176. The number of halogens is 1. The van der Waals surface area contributed by atoms with Crippen LogP contribution < -0.4 is 10.1 Å². The van der Waals surface area contributed by atoms with Crippen molar-refractivity contribution in [3.63, 3.8) is 0 Å². The Morgan fingerprint density at radius 2 is 1.70 bits per heavy atom. The second kappa shape index (κ2) is 8.19. The molecule has 0 fully saturated rings. The van der Waals surface area contributed by atoms with Gasteiger partial charge in [0, 0.05) is 11.6 Å². The minimum Gasteiger partial charge on any atom is -0.493 e. The summed E-state index contributed by atoms with van der Waals surface area (Å²) in [7, 11) is 0. The molecule has 2 rings (SSSR count). The zero-order chi connectivity index (χ0) is 16.7. The van der Waals surface area contributed by atoms with Crippen LogP contribution in [0.5, 0.6) is 5.75 Å². The van der Waals surface area contributed by atoms with Crippen molar-refractivity contribution in [1.29, 1.82) is 0 Å². The van der Waals surface area contributed by atoms with E-state index in [2.05, 4.69) is 5.32 Å². The fourth-order valence-electron chi connectivity index (χ4n) is 1.85. The van der Waals surface area contributed by atoms with Crippen molar-refractivity contribution in [3.8, 4) is 5.75 Å². The van der Waals surface area contributed by atoms with Crippen LogP contribution in [0.25, 0.3) is 0 Å². The first-order valence-corrected chi connectivity index (χ1v) is 7.39. The molecular formula is C17H16ClNO4. The van der Waals surface area contributed by atoms with Crippen molar-refractivity contribution in [3.05, 3.63) is 64.7 Å². The van der Waals surface area contributed by atoms with E-state index in [1.54, 1.807) is 36.4 Å². The quantitative estimate of drug-likeness (QED) is 0.816. The Balaban J connectivity index is 1.70. The molecule has 0 radical (unpaired) electrons. The predicted octanol–water partition coefficient (Wildman–Crippen LogP) is 3.12. The Morgan fingerprint density at radius 3 is 2.30 bits per heavy atom. The number of carbonyl (C=O) groups excluding carboxylic acids is 1. The zero-order valence-corrected chi connectivity index (χ0v) is 13.0.